The van der Waals surface area contributed by atoms with Crippen molar-refractivity contribution < 1.29 is 19.0 Å². The van der Waals surface area contributed by atoms with Gasteiger partial charge in [0.1, 0.15) is 18.1 Å². The van der Waals surface area contributed by atoms with Crippen LogP contribution in [0, 0.1) is 0 Å². The van der Waals surface area contributed by atoms with E-state index in [2.05, 4.69) is 30.5 Å². The standard InChI is InChI=1S/C27H33NO4/c1-5-31-27(29)25-16-18-28(26(25)20(2)3)17-6-7-21-8-14-24(15-9-21)32-19-22-10-12-23(30-4)13-11-22/h8-16,18,20H,5-7,17,19H2,1-4H3. The Morgan fingerprint density at radius 2 is 1.59 bits per heavy atom. The van der Waals surface area contributed by atoms with E-state index in [4.69, 9.17) is 14.2 Å². The predicted octanol–water partition coefficient (Wildman–Crippen LogP) is 6.01. The Bertz CT molecular complexity index is 988. The number of rotatable bonds is 11. The summed E-state index contributed by atoms with van der Waals surface area (Å²) in [6, 6.07) is 18.0. The van der Waals surface area contributed by atoms with Crippen molar-refractivity contribution >= 4 is 5.97 Å². The molecule has 3 rings (SSSR count). The SMILES string of the molecule is CCOC(=O)c1ccn(CCCc2ccc(OCc3ccc(OC)cc3)cc2)c1C(C)C. The van der Waals surface area contributed by atoms with Gasteiger partial charge in [-0.25, -0.2) is 4.79 Å². The first kappa shape index (κ1) is 23.5. The van der Waals surface area contributed by atoms with Crippen molar-refractivity contribution in [2.24, 2.45) is 0 Å². The van der Waals surface area contributed by atoms with Crippen LogP contribution in [0.25, 0.3) is 0 Å². The lowest BCUT2D eigenvalue weighted by molar-refractivity contribution is 0.0524. The van der Waals surface area contributed by atoms with Gasteiger partial charge in [0.25, 0.3) is 0 Å². The number of carbonyl (C=O) groups is 1. The maximum Gasteiger partial charge on any atom is 0.339 e. The van der Waals surface area contributed by atoms with Crippen molar-refractivity contribution in [1.29, 1.82) is 0 Å². The lowest BCUT2D eigenvalue weighted by Crippen LogP contribution is -2.11. The van der Waals surface area contributed by atoms with E-state index in [0.29, 0.717) is 18.8 Å². The van der Waals surface area contributed by atoms with E-state index in [0.717, 1.165) is 42.1 Å². The molecule has 1 aromatic heterocycles. The number of nitrogens with zero attached hydrogens (tertiary/aromatic N) is 1. The van der Waals surface area contributed by atoms with E-state index in [1.807, 2.05) is 55.6 Å². The van der Waals surface area contributed by atoms with Crippen molar-refractivity contribution in [2.45, 2.75) is 52.7 Å². The zero-order valence-corrected chi connectivity index (χ0v) is 19.5. The van der Waals surface area contributed by atoms with Crippen molar-refractivity contribution in [1.82, 2.24) is 4.57 Å². The molecule has 5 nitrogen and oxygen atoms in total. The fourth-order valence-corrected chi connectivity index (χ4v) is 3.80. The van der Waals surface area contributed by atoms with Crippen LogP contribution in [0.5, 0.6) is 11.5 Å². The second kappa shape index (κ2) is 11.4. The molecule has 0 spiro atoms. The zero-order chi connectivity index (χ0) is 22.9. The third-order valence-electron chi connectivity index (χ3n) is 5.40. The lowest BCUT2D eigenvalue weighted by atomic mass is 10.1. The molecule has 1 heterocycles. The number of carbonyl (C=O) groups excluding carboxylic acids is 1. The van der Waals surface area contributed by atoms with E-state index < -0.39 is 0 Å². The molecule has 0 unspecified atom stereocenters. The molecule has 0 saturated carbocycles. The highest BCUT2D eigenvalue weighted by Gasteiger charge is 2.19. The summed E-state index contributed by atoms with van der Waals surface area (Å²) < 4.78 is 18.5. The van der Waals surface area contributed by atoms with E-state index in [-0.39, 0.29) is 11.9 Å². The normalized spacial score (nSPS) is 10.9. The average molecular weight is 436 g/mol. The lowest BCUT2D eigenvalue weighted by Gasteiger charge is -2.14. The molecular weight excluding hydrogens is 402 g/mol. The Labute approximate surface area is 190 Å². The van der Waals surface area contributed by atoms with Gasteiger partial charge >= 0.3 is 5.97 Å². The fourth-order valence-electron chi connectivity index (χ4n) is 3.80. The minimum Gasteiger partial charge on any atom is -0.497 e. The van der Waals surface area contributed by atoms with Gasteiger partial charge < -0.3 is 18.8 Å². The van der Waals surface area contributed by atoms with E-state index in [1.54, 1.807) is 7.11 Å². The van der Waals surface area contributed by atoms with Gasteiger partial charge in [-0.05, 0) is 67.1 Å². The van der Waals surface area contributed by atoms with E-state index in [1.165, 1.54) is 5.56 Å². The quantitative estimate of drug-likeness (QED) is 0.346. The van der Waals surface area contributed by atoms with Crippen LogP contribution in [0.3, 0.4) is 0 Å². The Kier molecular flexibility index (Phi) is 8.37. The third-order valence-corrected chi connectivity index (χ3v) is 5.40. The summed E-state index contributed by atoms with van der Waals surface area (Å²) in [7, 11) is 1.66. The monoisotopic (exact) mass is 435 g/mol. The Hall–Kier alpha value is -3.21. The second-order valence-corrected chi connectivity index (χ2v) is 8.07. The average Bonchev–Trinajstić information content (AvgIpc) is 3.23. The van der Waals surface area contributed by atoms with Gasteiger partial charge in [0, 0.05) is 18.4 Å². The van der Waals surface area contributed by atoms with Gasteiger partial charge in [0.2, 0.25) is 0 Å². The van der Waals surface area contributed by atoms with Crippen LogP contribution in [-0.2, 0) is 24.3 Å². The van der Waals surface area contributed by atoms with Gasteiger partial charge in [0.05, 0.1) is 19.3 Å². The van der Waals surface area contributed by atoms with E-state index >= 15 is 0 Å². The van der Waals surface area contributed by atoms with Crippen LogP contribution in [-0.4, -0.2) is 24.3 Å². The molecule has 3 aromatic rings. The minimum absolute atomic E-state index is 0.236. The Balaban J connectivity index is 1.51. The highest BCUT2D eigenvalue weighted by atomic mass is 16.5. The Morgan fingerprint density at radius 1 is 0.938 bits per heavy atom. The number of hydrogen-bond acceptors (Lipinski definition) is 4. The molecule has 0 fully saturated rings. The molecule has 0 amide bonds. The van der Waals surface area contributed by atoms with Crippen LogP contribution < -0.4 is 9.47 Å². The minimum atomic E-state index is -0.236. The number of hydrogen-bond donors (Lipinski definition) is 0. The van der Waals surface area contributed by atoms with Crippen LogP contribution >= 0.6 is 0 Å². The molecule has 5 heteroatoms. The molecule has 2 aromatic carbocycles. The number of esters is 1. The molecule has 0 N–H and O–H groups in total. The number of aromatic nitrogens is 1. The van der Waals surface area contributed by atoms with Gasteiger partial charge in [-0.3, -0.25) is 0 Å². The van der Waals surface area contributed by atoms with Gasteiger partial charge in [-0.1, -0.05) is 38.1 Å². The van der Waals surface area contributed by atoms with Crippen LogP contribution in [0.2, 0.25) is 0 Å². The molecule has 0 saturated heterocycles. The molecule has 0 atom stereocenters. The number of aryl methyl sites for hydroxylation is 2. The summed E-state index contributed by atoms with van der Waals surface area (Å²) in [5, 5.41) is 0. The molecule has 0 aliphatic heterocycles. The van der Waals surface area contributed by atoms with Gasteiger partial charge in [-0.15, -0.1) is 0 Å². The maximum absolute atomic E-state index is 12.2. The number of ether oxygens (including phenoxy) is 3. The van der Waals surface area contributed by atoms with Crippen molar-refractivity contribution in [3.05, 3.63) is 83.2 Å². The van der Waals surface area contributed by atoms with Crippen LogP contribution in [0.15, 0.2) is 60.8 Å². The smallest absolute Gasteiger partial charge is 0.339 e. The maximum atomic E-state index is 12.2. The van der Waals surface area contributed by atoms with Crippen LogP contribution in [0.4, 0.5) is 0 Å². The van der Waals surface area contributed by atoms with Gasteiger partial charge in [0.15, 0.2) is 0 Å². The summed E-state index contributed by atoms with van der Waals surface area (Å²) in [5.41, 5.74) is 4.10. The summed E-state index contributed by atoms with van der Waals surface area (Å²) in [5.74, 6) is 1.72. The molecule has 0 aliphatic carbocycles. The zero-order valence-electron chi connectivity index (χ0n) is 19.5. The summed E-state index contributed by atoms with van der Waals surface area (Å²) >= 11 is 0. The largest absolute Gasteiger partial charge is 0.497 e. The number of methoxy groups -OCH3 is 1. The molecule has 0 bridgehead atoms. The topological polar surface area (TPSA) is 49.7 Å². The molecule has 0 radical (unpaired) electrons. The van der Waals surface area contributed by atoms with Crippen molar-refractivity contribution in [2.75, 3.05) is 13.7 Å². The highest BCUT2D eigenvalue weighted by Crippen LogP contribution is 2.23. The van der Waals surface area contributed by atoms with Crippen molar-refractivity contribution in [3.8, 4) is 11.5 Å². The first-order valence-corrected chi connectivity index (χ1v) is 11.2. The highest BCUT2D eigenvalue weighted by molar-refractivity contribution is 5.91. The molecule has 170 valence electrons. The molecule has 32 heavy (non-hydrogen) atoms. The molecule has 0 aliphatic rings. The van der Waals surface area contributed by atoms with Crippen molar-refractivity contribution in [3.63, 3.8) is 0 Å². The van der Waals surface area contributed by atoms with Crippen LogP contribution in [0.1, 0.15) is 60.3 Å². The third kappa shape index (κ3) is 6.16. The summed E-state index contributed by atoms with van der Waals surface area (Å²) in [6.45, 7) is 7.83. The predicted molar refractivity (Wildman–Crippen MR) is 127 cm³/mol. The summed E-state index contributed by atoms with van der Waals surface area (Å²) in [6.07, 6.45) is 3.95. The second-order valence-electron chi connectivity index (χ2n) is 8.07. The fraction of sp³-hybridized carbons (Fsp3) is 0.370. The molecular formula is C27H33NO4. The number of benzene rings is 2. The van der Waals surface area contributed by atoms with E-state index in [9.17, 15) is 4.79 Å². The first-order valence-electron chi connectivity index (χ1n) is 11.2. The Morgan fingerprint density at radius 3 is 2.22 bits per heavy atom. The summed E-state index contributed by atoms with van der Waals surface area (Å²) in [4.78, 5) is 12.2. The van der Waals surface area contributed by atoms with Gasteiger partial charge in [-0.2, -0.15) is 0 Å². The first-order chi connectivity index (χ1) is 15.5.